The number of morpholine rings is 1. The molecule has 1 aromatic rings. The number of rotatable bonds is 4. The summed E-state index contributed by atoms with van der Waals surface area (Å²) in [4.78, 5) is 12.6. The molecule has 1 amide bonds. The minimum Gasteiger partial charge on any atom is -0.379 e. The number of nitrogens with one attached hydrogen (secondary N) is 1. The lowest BCUT2D eigenvalue weighted by atomic mass is 9.95. The lowest BCUT2D eigenvalue weighted by Crippen LogP contribution is -2.41. The fraction of sp³-hybridized carbons (Fsp3) is 0.611. The number of halogens is 1. The predicted octanol–water partition coefficient (Wildman–Crippen LogP) is 2.28. The molecule has 4 rings (SSSR count). The van der Waals surface area contributed by atoms with Gasteiger partial charge in [-0.1, -0.05) is 18.0 Å². The van der Waals surface area contributed by atoms with Crippen LogP contribution in [0.2, 0.25) is 5.02 Å². The Kier molecular flexibility index (Phi) is 4.98. The minimum atomic E-state index is -3.74. The topological polar surface area (TPSA) is 75.7 Å². The average molecular weight is 399 g/mol. The Balaban J connectivity index is 1.54. The standard InChI is InChI=1S/C18H23ClN2O4S/c19-15-4-3-14(18(22)20-16-10-12-1-2-13(16)9-12)11-17(15)26(23,24)21-5-7-25-8-6-21/h3-4,11-13,16H,1-2,5-10H2,(H,20,22). The van der Waals surface area contributed by atoms with Crippen molar-refractivity contribution in [3.63, 3.8) is 0 Å². The zero-order chi connectivity index (χ0) is 18.3. The smallest absolute Gasteiger partial charge is 0.251 e. The highest BCUT2D eigenvalue weighted by Crippen LogP contribution is 2.44. The van der Waals surface area contributed by atoms with E-state index in [1.54, 1.807) is 6.07 Å². The summed E-state index contributed by atoms with van der Waals surface area (Å²) in [6.45, 7) is 1.31. The van der Waals surface area contributed by atoms with Gasteiger partial charge in [0, 0.05) is 24.7 Å². The number of carbonyl (C=O) groups excluding carboxylic acids is 1. The normalized spacial score (nSPS) is 29.0. The van der Waals surface area contributed by atoms with Crippen molar-refractivity contribution in [3.8, 4) is 0 Å². The Morgan fingerprint density at radius 2 is 1.96 bits per heavy atom. The van der Waals surface area contributed by atoms with E-state index >= 15 is 0 Å². The number of ether oxygens (including phenoxy) is 1. The van der Waals surface area contributed by atoms with Crippen LogP contribution in [-0.2, 0) is 14.8 Å². The molecule has 1 heterocycles. The third kappa shape index (κ3) is 3.38. The van der Waals surface area contributed by atoms with E-state index in [2.05, 4.69) is 5.32 Å². The van der Waals surface area contributed by atoms with Crippen molar-refractivity contribution < 1.29 is 17.9 Å². The molecule has 142 valence electrons. The van der Waals surface area contributed by atoms with E-state index in [1.807, 2.05) is 0 Å². The van der Waals surface area contributed by atoms with Crippen LogP contribution in [0.1, 0.15) is 36.0 Å². The lowest BCUT2D eigenvalue weighted by Gasteiger charge is -2.26. The highest BCUT2D eigenvalue weighted by molar-refractivity contribution is 7.89. The van der Waals surface area contributed by atoms with Crippen molar-refractivity contribution in [3.05, 3.63) is 28.8 Å². The van der Waals surface area contributed by atoms with E-state index in [0.717, 1.165) is 12.3 Å². The summed E-state index contributed by atoms with van der Waals surface area (Å²) in [7, 11) is -3.74. The highest BCUT2D eigenvalue weighted by atomic mass is 35.5. The number of benzene rings is 1. The molecular formula is C18H23ClN2O4S. The first-order chi connectivity index (χ1) is 12.4. The molecule has 1 saturated heterocycles. The summed E-state index contributed by atoms with van der Waals surface area (Å²) >= 11 is 6.16. The van der Waals surface area contributed by atoms with Crippen molar-refractivity contribution in [1.82, 2.24) is 9.62 Å². The quantitative estimate of drug-likeness (QED) is 0.844. The Morgan fingerprint density at radius 1 is 1.19 bits per heavy atom. The third-order valence-corrected chi connectivity index (χ3v) is 8.22. The molecule has 0 aromatic heterocycles. The van der Waals surface area contributed by atoms with Crippen LogP contribution in [0.5, 0.6) is 0 Å². The number of hydrogen-bond acceptors (Lipinski definition) is 4. The van der Waals surface area contributed by atoms with Gasteiger partial charge in [0.15, 0.2) is 0 Å². The minimum absolute atomic E-state index is 0.0124. The summed E-state index contributed by atoms with van der Waals surface area (Å²) < 4.78 is 32.3. The molecular weight excluding hydrogens is 376 g/mol. The zero-order valence-corrected chi connectivity index (χ0v) is 16.1. The summed E-state index contributed by atoms with van der Waals surface area (Å²) in [5.74, 6) is 1.07. The SMILES string of the molecule is O=C(NC1CC2CCC1C2)c1ccc(Cl)c(S(=O)(=O)N2CCOCC2)c1. The average Bonchev–Trinajstić information content (AvgIpc) is 3.25. The van der Waals surface area contributed by atoms with Gasteiger partial charge in [-0.2, -0.15) is 4.31 Å². The van der Waals surface area contributed by atoms with Crippen molar-refractivity contribution in [1.29, 1.82) is 0 Å². The number of carbonyl (C=O) groups is 1. The summed E-state index contributed by atoms with van der Waals surface area (Å²) in [5.41, 5.74) is 0.337. The molecule has 8 heteroatoms. The number of fused-ring (bicyclic) bond motifs is 2. The number of amides is 1. The molecule has 2 aliphatic carbocycles. The van der Waals surface area contributed by atoms with Gasteiger partial charge in [-0.15, -0.1) is 0 Å². The van der Waals surface area contributed by atoms with Crippen LogP contribution in [0.15, 0.2) is 23.1 Å². The molecule has 0 radical (unpaired) electrons. The van der Waals surface area contributed by atoms with Crippen LogP contribution in [0.4, 0.5) is 0 Å². The van der Waals surface area contributed by atoms with Crippen LogP contribution >= 0.6 is 11.6 Å². The Labute approximate surface area is 158 Å². The van der Waals surface area contributed by atoms with Crippen LogP contribution in [-0.4, -0.2) is 51.0 Å². The maximum Gasteiger partial charge on any atom is 0.251 e. The van der Waals surface area contributed by atoms with E-state index in [9.17, 15) is 13.2 Å². The molecule has 2 saturated carbocycles. The van der Waals surface area contributed by atoms with Crippen molar-refractivity contribution in [2.24, 2.45) is 11.8 Å². The summed E-state index contributed by atoms with van der Waals surface area (Å²) in [6, 6.07) is 4.68. The third-order valence-electron chi connectivity index (χ3n) is 5.84. The molecule has 6 nitrogen and oxygen atoms in total. The number of sulfonamides is 1. The van der Waals surface area contributed by atoms with Gasteiger partial charge in [0.1, 0.15) is 4.90 Å². The fourth-order valence-corrected chi connectivity index (χ4v) is 6.35. The number of hydrogen-bond donors (Lipinski definition) is 1. The van der Waals surface area contributed by atoms with Crippen LogP contribution in [0.25, 0.3) is 0 Å². The first kappa shape index (κ1) is 18.2. The van der Waals surface area contributed by atoms with E-state index in [1.165, 1.54) is 35.7 Å². The molecule has 3 aliphatic rings. The maximum absolute atomic E-state index is 12.9. The largest absolute Gasteiger partial charge is 0.379 e. The molecule has 1 N–H and O–H groups in total. The second-order valence-electron chi connectivity index (χ2n) is 7.42. The fourth-order valence-electron chi connectivity index (χ4n) is 4.44. The van der Waals surface area contributed by atoms with Crippen molar-refractivity contribution in [2.45, 2.75) is 36.6 Å². The van der Waals surface area contributed by atoms with Crippen molar-refractivity contribution >= 4 is 27.5 Å². The molecule has 3 atom stereocenters. The van der Waals surface area contributed by atoms with Crippen LogP contribution < -0.4 is 5.32 Å². The Morgan fingerprint density at radius 3 is 2.62 bits per heavy atom. The summed E-state index contributed by atoms with van der Waals surface area (Å²) in [6.07, 6.45) is 4.66. The van der Waals surface area contributed by atoms with Gasteiger partial charge >= 0.3 is 0 Å². The molecule has 1 aromatic carbocycles. The van der Waals surface area contributed by atoms with Gasteiger partial charge in [0.05, 0.1) is 18.2 Å². The van der Waals surface area contributed by atoms with Gasteiger partial charge in [0.2, 0.25) is 10.0 Å². The predicted molar refractivity (Wildman–Crippen MR) is 97.7 cm³/mol. The molecule has 26 heavy (non-hydrogen) atoms. The zero-order valence-electron chi connectivity index (χ0n) is 14.5. The molecule has 1 aliphatic heterocycles. The van der Waals surface area contributed by atoms with Gasteiger partial charge in [-0.05, 0) is 49.3 Å². The molecule has 0 spiro atoms. The molecule has 3 fully saturated rings. The molecule has 2 bridgehead atoms. The second kappa shape index (κ2) is 7.11. The first-order valence-electron chi connectivity index (χ1n) is 9.13. The van der Waals surface area contributed by atoms with Gasteiger partial charge < -0.3 is 10.1 Å². The van der Waals surface area contributed by atoms with Gasteiger partial charge in [0.25, 0.3) is 5.91 Å². The van der Waals surface area contributed by atoms with E-state index in [0.29, 0.717) is 37.8 Å². The summed E-state index contributed by atoms with van der Waals surface area (Å²) in [5, 5.41) is 3.23. The van der Waals surface area contributed by atoms with E-state index < -0.39 is 10.0 Å². The monoisotopic (exact) mass is 398 g/mol. The Bertz CT molecular complexity index is 807. The van der Waals surface area contributed by atoms with Crippen molar-refractivity contribution in [2.75, 3.05) is 26.3 Å². The lowest BCUT2D eigenvalue weighted by molar-refractivity contribution is 0.0730. The van der Waals surface area contributed by atoms with Gasteiger partial charge in [-0.25, -0.2) is 8.42 Å². The highest BCUT2D eigenvalue weighted by Gasteiger charge is 2.40. The van der Waals surface area contributed by atoms with E-state index in [-0.39, 0.29) is 21.9 Å². The molecule has 3 unspecified atom stereocenters. The van der Waals surface area contributed by atoms with E-state index in [4.69, 9.17) is 16.3 Å². The second-order valence-corrected chi connectivity index (χ2v) is 9.73. The van der Waals surface area contributed by atoms with Crippen LogP contribution in [0.3, 0.4) is 0 Å². The van der Waals surface area contributed by atoms with Gasteiger partial charge in [-0.3, -0.25) is 4.79 Å². The maximum atomic E-state index is 12.9. The first-order valence-corrected chi connectivity index (χ1v) is 11.0. The Hall–Kier alpha value is -1.15. The van der Waals surface area contributed by atoms with Crippen LogP contribution in [0, 0.1) is 11.8 Å². The number of nitrogens with zero attached hydrogens (tertiary/aromatic N) is 1.